The number of hydrogen-bond donors (Lipinski definition) is 0. The Kier molecular flexibility index (Phi) is 4.86. The Morgan fingerprint density at radius 3 is 2.58 bits per heavy atom. The first-order valence-electron chi connectivity index (χ1n) is 5.28. The largest absolute Gasteiger partial charge is 0.469 e. The van der Waals surface area contributed by atoms with Gasteiger partial charge in [0, 0.05) is 5.56 Å². The summed E-state index contributed by atoms with van der Waals surface area (Å²) < 4.78 is 42.4. The van der Waals surface area contributed by atoms with E-state index in [1.165, 1.54) is 25.3 Å². The van der Waals surface area contributed by atoms with E-state index in [0.717, 1.165) is 12.1 Å². The van der Waals surface area contributed by atoms with Crippen LogP contribution in [0.2, 0.25) is 0 Å². The summed E-state index contributed by atoms with van der Waals surface area (Å²) in [6, 6.07) is 3.32. The predicted molar refractivity (Wildman–Crippen MR) is 62.5 cm³/mol. The van der Waals surface area contributed by atoms with E-state index in [9.17, 15) is 22.8 Å². The smallest absolute Gasteiger partial charge is 0.417 e. The van der Waals surface area contributed by atoms with Crippen LogP contribution in [0.25, 0.3) is 6.08 Å². The number of carbonyl (C=O) groups excluding carboxylic acids is 2. The highest BCUT2D eigenvalue weighted by Crippen LogP contribution is 2.32. The topological polar surface area (TPSA) is 43.4 Å². The van der Waals surface area contributed by atoms with Crippen molar-refractivity contribution in [3.8, 4) is 0 Å². The molecule has 1 aromatic carbocycles. The van der Waals surface area contributed by atoms with Gasteiger partial charge in [0.15, 0.2) is 6.29 Å². The van der Waals surface area contributed by atoms with Gasteiger partial charge in [-0.25, -0.2) is 0 Å². The fourth-order valence-electron chi connectivity index (χ4n) is 1.40. The average Bonchev–Trinajstić information content (AvgIpc) is 2.37. The monoisotopic (exact) mass is 272 g/mol. The third-order valence-electron chi connectivity index (χ3n) is 2.33. The summed E-state index contributed by atoms with van der Waals surface area (Å²) in [5.74, 6) is -0.489. The van der Waals surface area contributed by atoms with Crippen molar-refractivity contribution in [3.05, 3.63) is 41.0 Å². The van der Waals surface area contributed by atoms with E-state index in [4.69, 9.17) is 0 Å². The lowest BCUT2D eigenvalue weighted by atomic mass is 10.0. The number of halogens is 3. The number of aldehydes is 1. The standard InChI is InChI=1S/C13H11F3O3/c1-19-12(18)4-2-3-9-5-6-10(8-17)11(7-9)13(14,15)16/h2-3,5-8H,4H2,1H3. The molecule has 0 unspecified atom stereocenters. The third-order valence-corrected chi connectivity index (χ3v) is 2.33. The molecule has 0 aliphatic heterocycles. The molecule has 0 atom stereocenters. The SMILES string of the molecule is COC(=O)CC=Cc1ccc(C=O)c(C(F)(F)F)c1. The van der Waals surface area contributed by atoms with Crippen molar-refractivity contribution in [1.29, 1.82) is 0 Å². The van der Waals surface area contributed by atoms with E-state index in [2.05, 4.69) is 4.74 Å². The molecule has 1 aromatic rings. The second kappa shape index (κ2) is 6.17. The Morgan fingerprint density at radius 2 is 2.05 bits per heavy atom. The van der Waals surface area contributed by atoms with Crippen LogP contribution in [0.5, 0.6) is 0 Å². The molecule has 0 saturated heterocycles. The summed E-state index contributed by atoms with van der Waals surface area (Å²) in [6.45, 7) is 0. The molecule has 3 nitrogen and oxygen atoms in total. The Labute approximate surface area is 107 Å². The molecule has 0 spiro atoms. The molecule has 1 rings (SSSR count). The van der Waals surface area contributed by atoms with Gasteiger partial charge in [0.25, 0.3) is 0 Å². The lowest BCUT2D eigenvalue weighted by Crippen LogP contribution is -2.09. The zero-order chi connectivity index (χ0) is 14.5. The molecule has 0 aliphatic rings. The highest BCUT2D eigenvalue weighted by molar-refractivity contribution is 5.79. The van der Waals surface area contributed by atoms with Crippen LogP contribution in [0.15, 0.2) is 24.3 Å². The molecule has 19 heavy (non-hydrogen) atoms. The second-order valence-electron chi connectivity index (χ2n) is 3.64. The molecule has 0 radical (unpaired) electrons. The van der Waals surface area contributed by atoms with Crippen molar-refractivity contribution in [1.82, 2.24) is 0 Å². The Balaban J connectivity index is 2.99. The van der Waals surface area contributed by atoms with E-state index >= 15 is 0 Å². The Morgan fingerprint density at radius 1 is 1.37 bits per heavy atom. The predicted octanol–water partition coefficient (Wildman–Crippen LogP) is 3.09. The molecule has 0 heterocycles. The summed E-state index contributed by atoms with van der Waals surface area (Å²) in [5, 5.41) is 0. The summed E-state index contributed by atoms with van der Waals surface area (Å²) in [7, 11) is 1.22. The maximum atomic E-state index is 12.7. The van der Waals surface area contributed by atoms with Gasteiger partial charge in [0.1, 0.15) is 0 Å². The molecule has 0 aromatic heterocycles. The molecule has 0 fully saturated rings. The first-order valence-corrected chi connectivity index (χ1v) is 5.28. The lowest BCUT2D eigenvalue weighted by molar-refractivity contribution is -0.139. The van der Waals surface area contributed by atoms with E-state index in [1.54, 1.807) is 0 Å². The van der Waals surface area contributed by atoms with Crippen molar-refractivity contribution in [2.75, 3.05) is 7.11 Å². The van der Waals surface area contributed by atoms with Gasteiger partial charge in [0.2, 0.25) is 0 Å². The molecular formula is C13H11F3O3. The zero-order valence-corrected chi connectivity index (χ0v) is 10.0. The first kappa shape index (κ1) is 14.9. The van der Waals surface area contributed by atoms with Gasteiger partial charge in [-0.15, -0.1) is 0 Å². The number of hydrogen-bond acceptors (Lipinski definition) is 3. The number of ether oxygens (including phenoxy) is 1. The van der Waals surface area contributed by atoms with Gasteiger partial charge in [-0.3, -0.25) is 9.59 Å². The highest BCUT2D eigenvalue weighted by Gasteiger charge is 2.33. The van der Waals surface area contributed by atoms with Crippen molar-refractivity contribution in [2.24, 2.45) is 0 Å². The van der Waals surface area contributed by atoms with E-state index in [-0.39, 0.29) is 18.3 Å². The van der Waals surface area contributed by atoms with E-state index < -0.39 is 23.3 Å². The Bertz CT molecular complexity index is 504. The molecule has 0 N–H and O–H groups in total. The quantitative estimate of drug-likeness (QED) is 0.625. The summed E-state index contributed by atoms with van der Waals surface area (Å²) >= 11 is 0. The first-order chi connectivity index (χ1) is 8.88. The molecule has 0 bridgehead atoms. The molecular weight excluding hydrogens is 261 g/mol. The van der Waals surface area contributed by atoms with Crippen LogP contribution >= 0.6 is 0 Å². The number of methoxy groups -OCH3 is 1. The number of esters is 1. The van der Waals surface area contributed by atoms with Gasteiger partial charge < -0.3 is 4.74 Å². The van der Waals surface area contributed by atoms with Gasteiger partial charge in [0.05, 0.1) is 19.1 Å². The van der Waals surface area contributed by atoms with Gasteiger partial charge in [-0.05, 0) is 11.6 Å². The van der Waals surface area contributed by atoms with Crippen LogP contribution in [0.1, 0.15) is 27.9 Å². The minimum absolute atomic E-state index is 0.0344. The van der Waals surface area contributed by atoms with E-state index in [0.29, 0.717) is 0 Å². The third kappa shape index (κ3) is 4.24. The number of benzene rings is 1. The average molecular weight is 272 g/mol. The van der Waals surface area contributed by atoms with Gasteiger partial charge in [-0.1, -0.05) is 24.3 Å². The lowest BCUT2D eigenvalue weighted by Gasteiger charge is -2.09. The van der Waals surface area contributed by atoms with Gasteiger partial charge >= 0.3 is 12.1 Å². The normalized spacial score (nSPS) is 11.6. The fourth-order valence-corrected chi connectivity index (χ4v) is 1.40. The molecule has 0 aliphatic carbocycles. The number of carbonyl (C=O) groups is 2. The van der Waals surface area contributed by atoms with Crippen LogP contribution < -0.4 is 0 Å². The number of rotatable bonds is 4. The summed E-state index contributed by atoms with van der Waals surface area (Å²) in [4.78, 5) is 21.4. The van der Waals surface area contributed by atoms with Crippen LogP contribution in [-0.2, 0) is 15.7 Å². The summed E-state index contributed by atoms with van der Waals surface area (Å²) in [5.41, 5.74) is -1.16. The van der Waals surface area contributed by atoms with Gasteiger partial charge in [-0.2, -0.15) is 13.2 Å². The van der Waals surface area contributed by atoms with Crippen LogP contribution in [0, 0.1) is 0 Å². The maximum absolute atomic E-state index is 12.7. The number of alkyl halides is 3. The van der Waals surface area contributed by atoms with Crippen LogP contribution in [0.3, 0.4) is 0 Å². The molecule has 6 heteroatoms. The second-order valence-corrected chi connectivity index (χ2v) is 3.64. The van der Waals surface area contributed by atoms with Crippen LogP contribution in [-0.4, -0.2) is 19.4 Å². The minimum Gasteiger partial charge on any atom is -0.469 e. The highest BCUT2D eigenvalue weighted by atomic mass is 19.4. The summed E-state index contributed by atoms with van der Waals surface area (Å²) in [6.07, 6.45) is -1.72. The fraction of sp³-hybridized carbons (Fsp3) is 0.231. The molecule has 0 saturated carbocycles. The van der Waals surface area contributed by atoms with E-state index in [1.807, 2.05) is 0 Å². The molecule has 102 valence electrons. The maximum Gasteiger partial charge on any atom is 0.417 e. The van der Waals surface area contributed by atoms with Crippen molar-refractivity contribution >= 4 is 18.3 Å². The van der Waals surface area contributed by atoms with Crippen LogP contribution in [0.4, 0.5) is 13.2 Å². The Hall–Kier alpha value is -2.11. The van der Waals surface area contributed by atoms with Crippen molar-refractivity contribution < 1.29 is 27.5 Å². The zero-order valence-electron chi connectivity index (χ0n) is 10.0. The minimum atomic E-state index is -4.59. The molecule has 0 amide bonds. The van der Waals surface area contributed by atoms with Crippen molar-refractivity contribution in [2.45, 2.75) is 12.6 Å². The van der Waals surface area contributed by atoms with Crippen molar-refractivity contribution in [3.63, 3.8) is 0 Å².